The fraction of sp³-hybridized carbons (Fsp3) is 0.143. The van der Waals surface area contributed by atoms with Gasteiger partial charge in [0.25, 0.3) is 0 Å². The van der Waals surface area contributed by atoms with Crippen molar-refractivity contribution >= 4 is 21.6 Å². The molecule has 0 atom stereocenters. The summed E-state index contributed by atoms with van der Waals surface area (Å²) in [7, 11) is 1.99. The zero-order valence-electron chi connectivity index (χ0n) is 9.53. The molecule has 0 fully saturated rings. The topological polar surface area (TPSA) is 3.24 Å². The van der Waals surface area contributed by atoms with Crippen LogP contribution in [-0.4, -0.2) is 7.05 Å². The van der Waals surface area contributed by atoms with E-state index in [9.17, 15) is 4.39 Å². The lowest BCUT2D eigenvalue weighted by molar-refractivity contribution is 0.627. The van der Waals surface area contributed by atoms with Gasteiger partial charge in [0.05, 0.1) is 0 Å². The summed E-state index contributed by atoms with van der Waals surface area (Å²) in [6, 6.07) is 14.7. The van der Waals surface area contributed by atoms with Gasteiger partial charge >= 0.3 is 0 Å². The van der Waals surface area contributed by atoms with E-state index in [2.05, 4.69) is 33.0 Å². The van der Waals surface area contributed by atoms with Gasteiger partial charge < -0.3 is 4.90 Å². The molecule has 0 spiro atoms. The second-order valence-electron chi connectivity index (χ2n) is 3.96. The highest BCUT2D eigenvalue weighted by Crippen LogP contribution is 2.18. The molecule has 3 heteroatoms. The summed E-state index contributed by atoms with van der Waals surface area (Å²) in [6.45, 7) is 0.797. The molecule has 0 amide bonds. The minimum atomic E-state index is -0.204. The Morgan fingerprint density at radius 2 is 1.82 bits per heavy atom. The first kappa shape index (κ1) is 12.1. The maximum Gasteiger partial charge on any atom is 0.123 e. The van der Waals surface area contributed by atoms with Gasteiger partial charge in [0.15, 0.2) is 0 Å². The molecule has 2 aromatic carbocycles. The van der Waals surface area contributed by atoms with Gasteiger partial charge in [0.2, 0.25) is 0 Å². The Morgan fingerprint density at radius 3 is 2.47 bits per heavy atom. The monoisotopic (exact) mass is 293 g/mol. The number of anilines is 1. The van der Waals surface area contributed by atoms with Gasteiger partial charge in [-0.1, -0.05) is 28.1 Å². The number of hydrogen-bond donors (Lipinski definition) is 0. The van der Waals surface area contributed by atoms with Crippen LogP contribution in [0.2, 0.25) is 0 Å². The normalized spacial score (nSPS) is 10.3. The van der Waals surface area contributed by atoms with E-state index in [1.807, 2.05) is 19.2 Å². The van der Waals surface area contributed by atoms with Gasteiger partial charge in [-0.3, -0.25) is 0 Å². The van der Waals surface area contributed by atoms with E-state index >= 15 is 0 Å². The summed E-state index contributed by atoms with van der Waals surface area (Å²) < 4.78 is 13.9. The molecule has 0 aliphatic heterocycles. The van der Waals surface area contributed by atoms with Crippen molar-refractivity contribution in [2.75, 3.05) is 11.9 Å². The van der Waals surface area contributed by atoms with Crippen molar-refractivity contribution in [2.45, 2.75) is 6.54 Å². The highest BCUT2D eigenvalue weighted by atomic mass is 79.9. The first-order chi connectivity index (χ1) is 8.15. The molecular formula is C14H13BrFN. The Hall–Kier alpha value is -1.35. The minimum Gasteiger partial charge on any atom is -0.370 e. The van der Waals surface area contributed by atoms with Crippen LogP contribution in [0.4, 0.5) is 10.1 Å². The number of halogens is 2. The number of benzene rings is 2. The SMILES string of the molecule is CN(Cc1cccc(Br)c1)c1ccc(F)cc1. The first-order valence-electron chi connectivity index (χ1n) is 5.36. The number of nitrogens with zero attached hydrogens (tertiary/aromatic N) is 1. The molecule has 1 nitrogen and oxygen atoms in total. The Kier molecular flexibility index (Phi) is 3.79. The summed E-state index contributed by atoms with van der Waals surface area (Å²) in [4.78, 5) is 2.08. The summed E-state index contributed by atoms with van der Waals surface area (Å²) in [5.41, 5.74) is 2.22. The lowest BCUT2D eigenvalue weighted by Crippen LogP contribution is -2.16. The quantitative estimate of drug-likeness (QED) is 0.819. The van der Waals surface area contributed by atoms with Crippen molar-refractivity contribution in [1.82, 2.24) is 0 Å². The third-order valence-corrected chi connectivity index (χ3v) is 3.07. The minimum absolute atomic E-state index is 0.204. The average Bonchev–Trinajstić information content (AvgIpc) is 2.29. The van der Waals surface area contributed by atoms with E-state index in [4.69, 9.17) is 0 Å². The van der Waals surface area contributed by atoms with Crippen molar-refractivity contribution in [2.24, 2.45) is 0 Å². The Bertz CT molecular complexity index is 496. The first-order valence-corrected chi connectivity index (χ1v) is 6.15. The number of hydrogen-bond acceptors (Lipinski definition) is 1. The second-order valence-corrected chi connectivity index (χ2v) is 4.88. The molecule has 17 heavy (non-hydrogen) atoms. The third kappa shape index (κ3) is 3.30. The van der Waals surface area contributed by atoms with Crippen LogP contribution in [-0.2, 0) is 6.54 Å². The molecule has 88 valence electrons. The van der Waals surface area contributed by atoms with Gasteiger partial charge in [-0.2, -0.15) is 0 Å². The lowest BCUT2D eigenvalue weighted by Gasteiger charge is -2.19. The lowest BCUT2D eigenvalue weighted by atomic mass is 10.2. The number of rotatable bonds is 3. The van der Waals surface area contributed by atoms with E-state index in [1.165, 1.54) is 17.7 Å². The predicted molar refractivity (Wildman–Crippen MR) is 72.6 cm³/mol. The van der Waals surface area contributed by atoms with E-state index < -0.39 is 0 Å². The fourth-order valence-corrected chi connectivity index (χ4v) is 2.14. The molecule has 0 aliphatic carbocycles. The van der Waals surface area contributed by atoms with Crippen molar-refractivity contribution in [1.29, 1.82) is 0 Å². The second kappa shape index (κ2) is 5.32. The Labute approximate surface area is 109 Å². The average molecular weight is 294 g/mol. The highest BCUT2D eigenvalue weighted by Gasteiger charge is 2.02. The van der Waals surface area contributed by atoms with Crippen molar-refractivity contribution in [3.05, 3.63) is 64.4 Å². The van der Waals surface area contributed by atoms with E-state index in [0.29, 0.717) is 0 Å². The van der Waals surface area contributed by atoms with Crippen LogP contribution < -0.4 is 4.90 Å². The molecule has 0 aliphatic rings. The highest BCUT2D eigenvalue weighted by molar-refractivity contribution is 9.10. The summed E-state index contributed by atoms with van der Waals surface area (Å²) in [6.07, 6.45) is 0. The molecule has 0 heterocycles. The largest absolute Gasteiger partial charge is 0.370 e. The van der Waals surface area contributed by atoms with Crippen LogP contribution in [0, 0.1) is 5.82 Å². The van der Waals surface area contributed by atoms with Crippen molar-refractivity contribution in [3.63, 3.8) is 0 Å². The van der Waals surface area contributed by atoms with Gasteiger partial charge in [-0.05, 0) is 42.0 Å². The van der Waals surface area contributed by atoms with Gasteiger partial charge in [0.1, 0.15) is 5.82 Å². The molecule has 0 unspecified atom stereocenters. The molecule has 2 rings (SSSR count). The van der Waals surface area contributed by atoms with Crippen LogP contribution in [0.25, 0.3) is 0 Å². The maximum atomic E-state index is 12.8. The van der Waals surface area contributed by atoms with Gasteiger partial charge in [0, 0.05) is 23.8 Å². The maximum absolute atomic E-state index is 12.8. The predicted octanol–water partition coefficient (Wildman–Crippen LogP) is 4.22. The van der Waals surface area contributed by atoms with E-state index in [-0.39, 0.29) is 5.82 Å². The van der Waals surface area contributed by atoms with Crippen LogP contribution >= 0.6 is 15.9 Å². The Balaban J connectivity index is 2.11. The van der Waals surface area contributed by atoms with Gasteiger partial charge in [-0.25, -0.2) is 4.39 Å². The molecular weight excluding hydrogens is 281 g/mol. The molecule has 0 saturated heterocycles. The summed E-state index contributed by atoms with van der Waals surface area (Å²) in [5.74, 6) is -0.204. The molecule has 0 radical (unpaired) electrons. The molecule has 0 saturated carbocycles. The molecule has 0 N–H and O–H groups in total. The standard InChI is InChI=1S/C14H13BrFN/c1-17(14-7-5-13(16)6-8-14)10-11-3-2-4-12(15)9-11/h2-9H,10H2,1H3. The van der Waals surface area contributed by atoms with E-state index in [1.54, 1.807) is 12.1 Å². The molecule has 0 bridgehead atoms. The zero-order valence-corrected chi connectivity index (χ0v) is 11.1. The Morgan fingerprint density at radius 1 is 1.12 bits per heavy atom. The van der Waals surface area contributed by atoms with Gasteiger partial charge in [-0.15, -0.1) is 0 Å². The van der Waals surface area contributed by atoms with Crippen molar-refractivity contribution in [3.8, 4) is 0 Å². The zero-order chi connectivity index (χ0) is 12.3. The summed E-state index contributed by atoms with van der Waals surface area (Å²) >= 11 is 3.45. The smallest absolute Gasteiger partial charge is 0.123 e. The summed E-state index contributed by atoms with van der Waals surface area (Å²) in [5, 5.41) is 0. The molecule has 2 aromatic rings. The van der Waals surface area contributed by atoms with Crippen molar-refractivity contribution < 1.29 is 4.39 Å². The van der Waals surface area contributed by atoms with E-state index in [0.717, 1.165) is 16.7 Å². The molecule has 0 aromatic heterocycles. The van der Waals surface area contributed by atoms with Crippen LogP contribution in [0.5, 0.6) is 0 Å². The van der Waals surface area contributed by atoms with Crippen LogP contribution in [0.3, 0.4) is 0 Å². The van der Waals surface area contributed by atoms with Crippen LogP contribution in [0.15, 0.2) is 53.0 Å². The fourth-order valence-electron chi connectivity index (χ4n) is 1.70. The van der Waals surface area contributed by atoms with Crippen LogP contribution in [0.1, 0.15) is 5.56 Å². The third-order valence-electron chi connectivity index (χ3n) is 2.58.